The Balaban J connectivity index is 2.51. The van der Waals surface area contributed by atoms with Crippen molar-refractivity contribution in [3.63, 3.8) is 0 Å². The molecule has 3 heteroatoms. The minimum atomic E-state index is -0.254. The van der Waals surface area contributed by atoms with E-state index in [1.165, 1.54) is 11.1 Å². The highest BCUT2D eigenvalue weighted by molar-refractivity contribution is 6.42. The van der Waals surface area contributed by atoms with Crippen molar-refractivity contribution in [2.75, 3.05) is 0 Å². The Bertz CT molecular complexity index is 527. The van der Waals surface area contributed by atoms with Crippen LogP contribution in [-0.2, 0) is 0 Å². The molecule has 0 aliphatic rings. The van der Waals surface area contributed by atoms with Crippen molar-refractivity contribution in [3.05, 3.63) is 68.7 Å². The van der Waals surface area contributed by atoms with E-state index in [9.17, 15) is 0 Å². The van der Waals surface area contributed by atoms with Crippen LogP contribution in [0, 0.1) is 13.8 Å². The van der Waals surface area contributed by atoms with Crippen LogP contribution in [0.1, 0.15) is 28.3 Å². The van der Waals surface area contributed by atoms with Gasteiger partial charge in [0, 0.05) is 0 Å². The Morgan fingerprint density at radius 1 is 0.944 bits per heavy atom. The lowest BCUT2D eigenvalue weighted by Crippen LogP contribution is -2.14. The van der Waals surface area contributed by atoms with E-state index >= 15 is 0 Å². The normalized spacial score (nSPS) is 12.5. The summed E-state index contributed by atoms with van der Waals surface area (Å²) in [6.07, 6.45) is 0. The summed E-state index contributed by atoms with van der Waals surface area (Å²) in [5.74, 6) is 0. The molecule has 1 atom stereocenters. The average molecular weight is 280 g/mol. The fraction of sp³-hybridized carbons (Fsp3) is 0.200. The van der Waals surface area contributed by atoms with Crippen molar-refractivity contribution >= 4 is 23.2 Å². The summed E-state index contributed by atoms with van der Waals surface area (Å²) < 4.78 is 0. The molecule has 0 bridgehead atoms. The first-order valence-electron chi connectivity index (χ1n) is 5.78. The largest absolute Gasteiger partial charge is 0.320 e. The molecule has 0 aromatic heterocycles. The topological polar surface area (TPSA) is 26.0 Å². The first kappa shape index (κ1) is 13.4. The van der Waals surface area contributed by atoms with Gasteiger partial charge in [-0.05, 0) is 42.2 Å². The zero-order chi connectivity index (χ0) is 13.3. The van der Waals surface area contributed by atoms with E-state index in [0.29, 0.717) is 10.0 Å². The monoisotopic (exact) mass is 279 g/mol. The Labute approximate surface area is 118 Å². The summed E-state index contributed by atoms with van der Waals surface area (Å²) in [5.41, 5.74) is 10.7. The molecular weight excluding hydrogens is 265 g/mol. The highest BCUT2D eigenvalue weighted by Gasteiger charge is 2.16. The standard InChI is InChI=1S/C15H15Cl2N/c1-9-5-3-6-11(10(9)2)15(18)12-7-4-8-13(16)14(12)17/h3-8,15H,18H2,1-2H3. The highest BCUT2D eigenvalue weighted by Crippen LogP contribution is 2.33. The van der Waals surface area contributed by atoms with E-state index in [-0.39, 0.29) is 6.04 Å². The first-order chi connectivity index (χ1) is 8.52. The third kappa shape index (κ3) is 2.39. The number of benzene rings is 2. The van der Waals surface area contributed by atoms with Gasteiger partial charge in [-0.3, -0.25) is 0 Å². The molecule has 0 saturated carbocycles. The van der Waals surface area contributed by atoms with Crippen LogP contribution in [0.5, 0.6) is 0 Å². The summed E-state index contributed by atoms with van der Waals surface area (Å²) in [6.45, 7) is 4.15. The van der Waals surface area contributed by atoms with Crippen LogP contribution in [-0.4, -0.2) is 0 Å². The Morgan fingerprint density at radius 2 is 1.56 bits per heavy atom. The molecule has 94 valence electrons. The van der Waals surface area contributed by atoms with E-state index in [2.05, 4.69) is 19.9 Å². The van der Waals surface area contributed by atoms with E-state index < -0.39 is 0 Å². The van der Waals surface area contributed by atoms with E-state index in [4.69, 9.17) is 28.9 Å². The van der Waals surface area contributed by atoms with Gasteiger partial charge in [-0.15, -0.1) is 0 Å². The van der Waals surface area contributed by atoms with E-state index in [1.807, 2.05) is 24.3 Å². The van der Waals surface area contributed by atoms with Gasteiger partial charge < -0.3 is 5.73 Å². The first-order valence-corrected chi connectivity index (χ1v) is 6.53. The van der Waals surface area contributed by atoms with Crippen LogP contribution >= 0.6 is 23.2 Å². The van der Waals surface area contributed by atoms with Gasteiger partial charge in [-0.25, -0.2) is 0 Å². The number of hydrogen-bond acceptors (Lipinski definition) is 1. The SMILES string of the molecule is Cc1cccc(C(N)c2cccc(Cl)c2Cl)c1C. The molecule has 0 spiro atoms. The maximum Gasteiger partial charge on any atom is 0.0643 e. The number of aryl methyl sites for hydroxylation is 1. The lowest BCUT2D eigenvalue weighted by atomic mass is 9.93. The van der Waals surface area contributed by atoms with Crippen molar-refractivity contribution in [1.82, 2.24) is 0 Å². The lowest BCUT2D eigenvalue weighted by molar-refractivity contribution is 0.859. The fourth-order valence-corrected chi connectivity index (χ4v) is 2.46. The molecule has 2 aromatic rings. The van der Waals surface area contributed by atoms with Crippen LogP contribution in [0.25, 0.3) is 0 Å². The summed E-state index contributed by atoms with van der Waals surface area (Å²) in [6, 6.07) is 11.4. The summed E-state index contributed by atoms with van der Waals surface area (Å²) in [7, 11) is 0. The second kappa shape index (κ2) is 5.31. The average Bonchev–Trinajstić information content (AvgIpc) is 2.35. The minimum Gasteiger partial charge on any atom is -0.320 e. The lowest BCUT2D eigenvalue weighted by Gasteiger charge is -2.18. The number of halogens is 2. The van der Waals surface area contributed by atoms with Crippen LogP contribution in [0.3, 0.4) is 0 Å². The maximum atomic E-state index is 6.31. The van der Waals surface area contributed by atoms with Crippen molar-refractivity contribution in [2.45, 2.75) is 19.9 Å². The molecule has 2 N–H and O–H groups in total. The molecule has 0 aliphatic heterocycles. The Morgan fingerprint density at radius 3 is 2.28 bits per heavy atom. The molecular formula is C15H15Cl2N. The highest BCUT2D eigenvalue weighted by atomic mass is 35.5. The second-order valence-corrected chi connectivity index (χ2v) is 5.20. The molecule has 1 unspecified atom stereocenters. The van der Waals surface area contributed by atoms with Crippen molar-refractivity contribution < 1.29 is 0 Å². The van der Waals surface area contributed by atoms with Crippen molar-refractivity contribution in [1.29, 1.82) is 0 Å². The van der Waals surface area contributed by atoms with Gasteiger partial charge >= 0.3 is 0 Å². The predicted molar refractivity (Wildman–Crippen MR) is 78.4 cm³/mol. The molecule has 0 radical (unpaired) electrons. The molecule has 1 nitrogen and oxygen atoms in total. The third-order valence-electron chi connectivity index (χ3n) is 3.30. The van der Waals surface area contributed by atoms with E-state index in [1.54, 1.807) is 6.07 Å². The smallest absolute Gasteiger partial charge is 0.0643 e. The summed E-state index contributed by atoms with van der Waals surface area (Å²) >= 11 is 12.2. The van der Waals surface area contributed by atoms with Gasteiger partial charge in [0.15, 0.2) is 0 Å². The van der Waals surface area contributed by atoms with Crippen LogP contribution in [0.2, 0.25) is 10.0 Å². The van der Waals surface area contributed by atoms with Gasteiger partial charge in [-0.2, -0.15) is 0 Å². The quantitative estimate of drug-likeness (QED) is 0.850. The predicted octanol–water partition coefficient (Wildman–Crippen LogP) is 4.66. The van der Waals surface area contributed by atoms with Gasteiger partial charge in [0.2, 0.25) is 0 Å². The fourth-order valence-electron chi connectivity index (χ4n) is 2.04. The molecule has 18 heavy (non-hydrogen) atoms. The van der Waals surface area contributed by atoms with Gasteiger partial charge in [0.1, 0.15) is 0 Å². The van der Waals surface area contributed by atoms with Crippen LogP contribution < -0.4 is 5.73 Å². The van der Waals surface area contributed by atoms with Gasteiger partial charge in [0.25, 0.3) is 0 Å². The minimum absolute atomic E-state index is 0.254. The summed E-state index contributed by atoms with van der Waals surface area (Å²) in [5, 5.41) is 1.07. The van der Waals surface area contributed by atoms with Crippen molar-refractivity contribution in [2.24, 2.45) is 5.73 Å². The Kier molecular flexibility index (Phi) is 3.96. The molecule has 0 amide bonds. The number of hydrogen-bond donors (Lipinski definition) is 1. The van der Waals surface area contributed by atoms with Gasteiger partial charge in [0.05, 0.1) is 16.1 Å². The zero-order valence-electron chi connectivity index (χ0n) is 10.4. The number of nitrogens with two attached hydrogens (primary N) is 1. The van der Waals surface area contributed by atoms with Crippen molar-refractivity contribution in [3.8, 4) is 0 Å². The Hall–Kier alpha value is -1.02. The third-order valence-corrected chi connectivity index (χ3v) is 4.13. The molecule has 2 rings (SSSR count). The maximum absolute atomic E-state index is 6.31. The second-order valence-electron chi connectivity index (χ2n) is 4.41. The summed E-state index contributed by atoms with van der Waals surface area (Å²) in [4.78, 5) is 0. The molecule has 0 fully saturated rings. The van der Waals surface area contributed by atoms with E-state index in [0.717, 1.165) is 11.1 Å². The molecule has 0 heterocycles. The molecule has 2 aromatic carbocycles. The molecule has 0 saturated heterocycles. The molecule has 0 aliphatic carbocycles. The van der Waals surface area contributed by atoms with Gasteiger partial charge in [-0.1, -0.05) is 53.5 Å². The van der Waals surface area contributed by atoms with Crippen LogP contribution in [0.15, 0.2) is 36.4 Å². The number of rotatable bonds is 2. The zero-order valence-corrected chi connectivity index (χ0v) is 11.9. The van der Waals surface area contributed by atoms with Crippen LogP contribution in [0.4, 0.5) is 0 Å².